The molecule has 0 amide bonds. The molecule has 0 heterocycles. The first-order chi connectivity index (χ1) is 3.18. The molecule has 8 heavy (non-hydrogen) atoms. The van der Waals surface area contributed by atoms with E-state index >= 15 is 0 Å². The van der Waals surface area contributed by atoms with E-state index in [9.17, 15) is 14.7 Å². The van der Waals surface area contributed by atoms with E-state index in [-0.39, 0.29) is 29.6 Å². The molecule has 0 saturated heterocycles. The SMILES string of the molecule is COC(=O)C(=O)[O-].[Na+]. The summed E-state index contributed by atoms with van der Waals surface area (Å²) in [6.45, 7) is 0. The van der Waals surface area contributed by atoms with Gasteiger partial charge in [-0.05, 0) is 0 Å². The molecule has 0 saturated carbocycles. The fraction of sp³-hybridized carbons (Fsp3) is 0.333. The van der Waals surface area contributed by atoms with Gasteiger partial charge in [0.25, 0.3) is 0 Å². The Morgan fingerprint density at radius 3 is 1.88 bits per heavy atom. The molecule has 0 aliphatic rings. The molecule has 0 aromatic heterocycles. The van der Waals surface area contributed by atoms with Crippen LogP contribution in [-0.2, 0) is 14.3 Å². The molecule has 40 valence electrons. The van der Waals surface area contributed by atoms with Crippen LogP contribution in [0.25, 0.3) is 0 Å². The molecule has 0 atom stereocenters. The molecule has 0 fully saturated rings. The van der Waals surface area contributed by atoms with Crippen molar-refractivity contribution in [2.24, 2.45) is 0 Å². The molecule has 0 rings (SSSR count). The molecule has 0 spiro atoms. The van der Waals surface area contributed by atoms with Gasteiger partial charge in [-0.3, -0.25) is 0 Å². The van der Waals surface area contributed by atoms with E-state index in [1.807, 2.05) is 0 Å². The van der Waals surface area contributed by atoms with Crippen LogP contribution < -0.4 is 34.7 Å². The van der Waals surface area contributed by atoms with Crippen molar-refractivity contribution in [3.63, 3.8) is 0 Å². The molecular weight excluding hydrogens is 123 g/mol. The number of methoxy groups -OCH3 is 1. The monoisotopic (exact) mass is 126 g/mol. The van der Waals surface area contributed by atoms with Gasteiger partial charge in [-0.1, -0.05) is 0 Å². The van der Waals surface area contributed by atoms with Gasteiger partial charge >= 0.3 is 35.5 Å². The number of ether oxygens (including phenoxy) is 1. The van der Waals surface area contributed by atoms with Crippen molar-refractivity contribution in [2.75, 3.05) is 7.11 Å². The average molecular weight is 126 g/mol. The van der Waals surface area contributed by atoms with E-state index < -0.39 is 11.9 Å². The first-order valence-corrected chi connectivity index (χ1v) is 1.47. The van der Waals surface area contributed by atoms with Crippen LogP contribution in [0.2, 0.25) is 0 Å². The molecule has 0 aliphatic heterocycles. The zero-order chi connectivity index (χ0) is 5.86. The van der Waals surface area contributed by atoms with E-state index in [0.717, 1.165) is 7.11 Å². The summed E-state index contributed by atoms with van der Waals surface area (Å²) in [6.07, 6.45) is 0. The van der Waals surface area contributed by atoms with Crippen LogP contribution in [0.3, 0.4) is 0 Å². The average Bonchev–Trinajstić information content (AvgIpc) is 1.65. The Labute approximate surface area is 68.1 Å². The van der Waals surface area contributed by atoms with Gasteiger partial charge in [-0.2, -0.15) is 0 Å². The molecule has 0 unspecified atom stereocenters. The molecule has 0 aliphatic carbocycles. The third kappa shape index (κ3) is 4.11. The maximum absolute atomic E-state index is 9.63. The first-order valence-electron chi connectivity index (χ1n) is 1.47. The van der Waals surface area contributed by atoms with Crippen molar-refractivity contribution in [1.29, 1.82) is 0 Å². The number of aliphatic carboxylic acids is 1. The van der Waals surface area contributed by atoms with Crippen molar-refractivity contribution in [2.45, 2.75) is 0 Å². The largest absolute Gasteiger partial charge is 1.00 e. The Bertz CT molecular complexity index is 99.5. The Morgan fingerprint density at radius 1 is 1.50 bits per heavy atom. The number of carboxylic acid groups (broad SMARTS) is 1. The summed E-state index contributed by atoms with van der Waals surface area (Å²) in [5.41, 5.74) is 0. The minimum Gasteiger partial charge on any atom is -0.539 e. The van der Waals surface area contributed by atoms with Gasteiger partial charge in [-0.15, -0.1) is 0 Å². The van der Waals surface area contributed by atoms with Crippen molar-refractivity contribution < 1.29 is 49.0 Å². The zero-order valence-corrected chi connectivity index (χ0v) is 6.63. The molecular formula is C3H3NaO4. The van der Waals surface area contributed by atoms with Crippen LogP contribution in [0.1, 0.15) is 0 Å². The zero-order valence-electron chi connectivity index (χ0n) is 4.63. The molecule has 0 bridgehead atoms. The van der Waals surface area contributed by atoms with Crippen LogP contribution in [0.5, 0.6) is 0 Å². The minimum atomic E-state index is -1.82. The molecule has 0 radical (unpaired) electrons. The Morgan fingerprint density at radius 2 is 1.88 bits per heavy atom. The van der Waals surface area contributed by atoms with Gasteiger partial charge in [-0.25, -0.2) is 4.79 Å². The number of rotatable bonds is 0. The van der Waals surface area contributed by atoms with Crippen molar-refractivity contribution in [1.82, 2.24) is 0 Å². The molecule has 5 heteroatoms. The topological polar surface area (TPSA) is 66.4 Å². The maximum atomic E-state index is 9.63. The summed E-state index contributed by atoms with van der Waals surface area (Å²) in [4.78, 5) is 19.0. The van der Waals surface area contributed by atoms with Gasteiger partial charge in [0.05, 0.1) is 7.11 Å². The van der Waals surface area contributed by atoms with E-state index in [1.54, 1.807) is 0 Å². The summed E-state index contributed by atoms with van der Waals surface area (Å²) >= 11 is 0. The summed E-state index contributed by atoms with van der Waals surface area (Å²) in [7, 11) is 0.970. The summed E-state index contributed by atoms with van der Waals surface area (Å²) < 4.78 is 3.71. The van der Waals surface area contributed by atoms with E-state index in [4.69, 9.17) is 0 Å². The van der Waals surface area contributed by atoms with Gasteiger partial charge in [0.2, 0.25) is 0 Å². The van der Waals surface area contributed by atoms with Crippen LogP contribution in [0, 0.1) is 0 Å². The third-order valence-electron chi connectivity index (χ3n) is 0.352. The van der Waals surface area contributed by atoms with Gasteiger partial charge in [0.15, 0.2) is 5.97 Å². The fourth-order valence-corrected chi connectivity index (χ4v) is 0.0833. The van der Waals surface area contributed by atoms with Gasteiger partial charge in [0.1, 0.15) is 0 Å². The normalized spacial score (nSPS) is 6.62. The van der Waals surface area contributed by atoms with Crippen LogP contribution in [0.15, 0.2) is 0 Å². The van der Waals surface area contributed by atoms with Crippen molar-refractivity contribution >= 4 is 11.9 Å². The minimum absolute atomic E-state index is 0. The smallest absolute Gasteiger partial charge is 0.539 e. The first kappa shape index (κ1) is 10.8. The van der Waals surface area contributed by atoms with E-state index in [0.29, 0.717) is 0 Å². The number of esters is 1. The van der Waals surface area contributed by atoms with E-state index in [1.165, 1.54) is 0 Å². The second-order valence-electron chi connectivity index (χ2n) is 0.779. The number of carbonyl (C=O) groups is 2. The number of carbonyl (C=O) groups excluding carboxylic acids is 2. The second-order valence-corrected chi connectivity index (χ2v) is 0.779. The Balaban J connectivity index is 0. The quantitative estimate of drug-likeness (QED) is 0.185. The second kappa shape index (κ2) is 5.08. The van der Waals surface area contributed by atoms with Crippen LogP contribution in [0.4, 0.5) is 0 Å². The number of hydrogen-bond acceptors (Lipinski definition) is 4. The molecule has 0 N–H and O–H groups in total. The summed E-state index contributed by atoms with van der Waals surface area (Å²) in [5, 5.41) is 9.34. The van der Waals surface area contributed by atoms with Gasteiger partial charge < -0.3 is 14.6 Å². The Hall–Kier alpha value is -0.0600. The third-order valence-corrected chi connectivity index (χ3v) is 0.352. The standard InChI is InChI=1S/C3H4O4.Na/c1-7-3(6)2(4)5;/h1H3,(H,4,5);/q;+1/p-1. The predicted molar refractivity (Wildman–Crippen MR) is 17.0 cm³/mol. The van der Waals surface area contributed by atoms with Crippen molar-refractivity contribution in [3.8, 4) is 0 Å². The fourth-order valence-electron chi connectivity index (χ4n) is 0.0833. The van der Waals surface area contributed by atoms with Gasteiger partial charge in [0, 0.05) is 0 Å². The van der Waals surface area contributed by atoms with E-state index in [2.05, 4.69) is 4.74 Å². The summed E-state index contributed by atoms with van der Waals surface area (Å²) in [5.74, 6) is -3.16. The number of hydrogen-bond donors (Lipinski definition) is 0. The molecule has 0 aromatic carbocycles. The Kier molecular flexibility index (Phi) is 6.89. The van der Waals surface area contributed by atoms with Crippen LogP contribution in [-0.4, -0.2) is 19.0 Å². The summed E-state index contributed by atoms with van der Waals surface area (Å²) in [6, 6.07) is 0. The van der Waals surface area contributed by atoms with Crippen LogP contribution >= 0.6 is 0 Å². The predicted octanol–water partition coefficient (Wildman–Crippen LogP) is -5.09. The maximum Gasteiger partial charge on any atom is 1.00 e. The molecule has 0 aromatic rings. The van der Waals surface area contributed by atoms with Crippen molar-refractivity contribution in [3.05, 3.63) is 0 Å². The number of carboxylic acids is 1. The molecule has 4 nitrogen and oxygen atoms in total.